The molecular formula is C60H108O4. The fourth-order valence-electron chi connectivity index (χ4n) is 17.4. The minimum absolute atomic E-state index is 0. The van der Waals surface area contributed by atoms with E-state index in [1.807, 2.05) is 0 Å². The van der Waals surface area contributed by atoms with Gasteiger partial charge in [0.2, 0.25) is 0 Å². The van der Waals surface area contributed by atoms with Crippen LogP contribution in [0.25, 0.3) is 0 Å². The van der Waals surface area contributed by atoms with Gasteiger partial charge in [0, 0.05) is 0 Å². The van der Waals surface area contributed by atoms with Crippen LogP contribution in [-0.2, 0) is 0 Å². The number of aliphatic hydroxyl groups excluding tert-OH is 2. The molecule has 372 valence electrons. The van der Waals surface area contributed by atoms with Crippen molar-refractivity contribution in [3.63, 3.8) is 0 Å². The SMILES string of the molecule is C.C.CC[C@]1(O)CC[C@H]2C(=CC[C@@H]3[C@@H]2CC[C@]2(C)[C@@H]([C@H](C)CC[C@@H](O)C(C)(C)C)CC[C@@H]32)C1.CC[C@]1(O)CC[C@H]2C(=CC[C@@H]3[C@@H]2CC[C@]2(C)[C@@H]([C@H](C)CC[C@H](O)C(C)(C)C)CC[C@@H]32)C1. The van der Waals surface area contributed by atoms with Gasteiger partial charge in [-0.3, -0.25) is 0 Å². The maximum atomic E-state index is 10.9. The van der Waals surface area contributed by atoms with E-state index in [4.69, 9.17) is 0 Å². The third-order valence-corrected chi connectivity index (χ3v) is 21.8. The molecule has 0 radical (unpaired) electrons. The Morgan fingerprint density at radius 2 is 0.891 bits per heavy atom. The Hall–Kier alpha value is -0.680. The summed E-state index contributed by atoms with van der Waals surface area (Å²) >= 11 is 0. The Bertz CT molecular complexity index is 1470. The van der Waals surface area contributed by atoms with E-state index in [1.165, 1.54) is 89.9 Å². The molecule has 0 spiro atoms. The van der Waals surface area contributed by atoms with Crippen molar-refractivity contribution in [1.82, 2.24) is 0 Å². The van der Waals surface area contributed by atoms with Crippen molar-refractivity contribution in [1.29, 1.82) is 0 Å². The second-order valence-corrected chi connectivity index (χ2v) is 27.0. The number of hydrogen-bond acceptors (Lipinski definition) is 4. The first-order chi connectivity index (χ1) is 29.0. The van der Waals surface area contributed by atoms with E-state index in [9.17, 15) is 20.4 Å². The van der Waals surface area contributed by atoms with Crippen LogP contribution in [-0.4, -0.2) is 43.8 Å². The summed E-state index contributed by atoms with van der Waals surface area (Å²) < 4.78 is 0. The van der Waals surface area contributed by atoms with Crippen LogP contribution < -0.4 is 0 Å². The highest BCUT2D eigenvalue weighted by Gasteiger charge is 2.59. The lowest BCUT2D eigenvalue weighted by molar-refractivity contribution is -0.0472. The summed E-state index contributed by atoms with van der Waals surface area (Å²) in [6.45, 7) is 27.5. The maximum Gasteiger partial charge on any atom is 0.0682 e. The zero-order valence-electron chi connectivity index (χ0n) is 42.6. The molecule has 0 amide bonds. The summed E-state index contributed by atoms with van der Waals surface area (Å²) in [5.74, 6) is 9.86. The Balaban J connectivity index is 0.000000234. The predicted molar refractivity (Wildman–Crippen MR) is 273 cm³/mol. The Morgan fingerprint density at radius 3 is 1.22 bits per heavy atom. The number of allylic oxidation sites excluding steroid dienone is 2. The summed E-state index contributed by atoms with van der Waals surface area (Å²) in [4.78, 5) is 0. The highest BCUT2D eigenvalue weighted by Crippen LogP contribution is 2.67. The van der Waals surface area contributed by atoms with E-state index >= 15 is 0 Å². The third kappa shape index (κ3) is 10.6. The smallest absolute Gasteiger partial charge is 0.0682 e. The van der Waals surface area contributed by atoms with Crippen LogP contribution in [0.4, 0.5) is 0 Å². The van der Waals surface area contributed by atoms with Crippen molar-refractivity contribution in [2.24, 2.45) is 92.7 Å². The predicted octanol–water partition coefficient (Wildman–Crippen LogP) is 15.6. The molecular weight excluding hydrogens is 785 g/mol. The molecule has 0 aliphatic heterocycles. The van der Waals surface area contributed by atoms with Crippen molar-refractivity contribution in [3.05, 3.63) is 23.3 Å². The van der Waals surface area contributed by atoms with Crippen molar-refractivity contribution >= 4 is 0 Å². The van der Waals surface area contributed by atoms with Gasteiger partial charge in [-0.25, -0.2) is 0 Å². The maximum absolute atomic E-state index is 10.9. The van der Waals surface area contributed by atoms with Gasteiger partial charge < -0.3 is 20.4 Å². The zero-order chi connectivity index (χ0) is 45.2. The minimum atomic E-state index is -0.427. The molecule has 18 atom stereocenters. The number of rotatable bonds is 10. The van der Waals surface area contributed by atoms with E-state index in [0.717, 1.165) is 111 Å². The molecule has 0 saturated heterocycles. The molecule has 8 aliphatic rings. The second kappa shape index (κ2) is 20.3. The Morgan fingerprint density at radius 1 is 0.531 bits per heavy atom. The highest BCUT2D eigenvalue weighted by molar-refractivity contribution is 5.23. The molecule has 0 aromatic heterocycles. The average Bonchev–Trinajstić information content (AvgIpc) is 3.77. The molecule has 8 aliphatic carbocycles. The molecule has 4 heteroatoms. The molecule has 6 saturated carbocycles. The number of aliphatic hydroxyl groups is 4. The molecule has 6 fully saturated rings. The first-order valence-electron chi connectivity index (χ1n) is 27.2. The lowest BCUT2D eigenvalue weighted by Gasteiger charge is -2.55. The second-order valence-electron chi connectivity index (χ2n) is 27.0. The standard InChI is InChI=1S/2C29H50O2.2CH4/c2*1-7-29(31)17-15-21-20(18-29)9-10-23-22(21)14-16-28(6)24(11-12-25(23)28)19(2)8-13-26(30)27(3,4)5;;/h2*9,19,21-26,30-31H,7-8,10-18H2,1-6H3;2*1H4/t19-,21+,22-,23-,24-,25+,26+,28-,29+;19-,21+,22-,23-,24-,25+,26-,28-,29+;;/m11../s1. The van der Waals surface area contributed by atoms with E-state index in [2.05, 4.69) is 95.2 Å². The fourth-order valence-corrected chi connectivity index (χ4v) is 17.4. The zero-order valence-corrected chi connectivity index (χ0v) is 42.6. The molecule has 4 N–H and O–H groups in total. The Kier molecular flexibility index (Phi) is 17.3. The molecule has 0 unspecified atom stereocenters. The summed E-state index contributed by atoms with van der Waals surface area (Å²) in [5.41, 5.74) is 3.35. The fraction of sp³-hybridized carbons (Fsp3) is 0.933. The van der Waals surface area contributed by atoms with Gasteiger partial charge in [-0.05, 0) is 234 Å². The van der Waals surface area contributed by atoms with E-state index in [1.54, 1.807) is 11.1 Å². The quantitative estimate of drug-likeness (QED) is 0.165. The number of hydrogen-bond donors (Lipinski definition) is 4. The summed E-state index contributed by atoms with van der Waals surface area (Å²) in [5, 5.41) is 42.9. The molecule has 8 rings (SSSR count). The molecule has 0 aromatic carbocycles. The van der Waals surface area contributed by atoms with Crippen molar-refractivity contribution < 1.29 is 20.4 Å². The topological polar surface area (TPSA) is 80.9 Å². The minimum Gasteiger partial charge on any atom is -0.393 e. The molecule has 0 aromatic rings. The van der Waals surface area contributed by atoms with Gasteiger partial charge in [-0.2, -0.15) is 0 Å². The van der Waals surface area contributed by atoms with Crippen LogP contribution in [0, 0.1) is 92.7 Å². The Labute approximate surface area is 397 Å². The molecule has 0 bridgehead atoms. The average molecular weight is 894 g/mol. The van der Waals surface area contributed by atoms with Gasteiger partial charge in [0.25, 0.3) is 0 Å². The lowest BCUT2D eigenvalue weighted by Crippen LogP contribution is -2.48. The van der Waals surface area contributed by atoms with Crippen LogP contribution in [0.1, 0.15) is 239 Å². The molecule has 4 nitrogen and oxygen atoms in total. The van der Waals surface area contributed by atoms with Crippen molar-refractivity contribution in [2.45, 2.75) is 263 Å². The van der Waals surface area contributed by atoms with Gasteiger partial charge in [-0.1, -0.05) is 121 Å². The van der Waals surface area contributed by atoms with Crippen LogP contribution in [0.5, 0.6) is 0 Å². The summed E-state index contributed by atoms with van der Waals surface area (Å²) in [7, 11) is 0. The van der Waals surface area contributed by atoms with Crippen LogP contribution in [0.3, 0.4) is 0 Å². The van der Waals surface area contributed by atoms with E-state index in [-0.39, 0.29) is 37.9 Å². The van der Waals surface area contributed by atoms with E-state index in [0.29, 0.717) is 22.7 Å². The lowest BCUT2D eigenvalue weighted by atomic mass is 9.50. The summed E-state index contributed by atoms with van der Waals surface area (Å²) in [6.07, 6.45) is 30.9. The first-order valence-corrected chi connectivity index (χ1v) is 27.2. The van der Waals surface area contributed by atoms with Crippen LogP contribution in [0.2, 0.25) is 0 Å². The molecule has 64 heavy (non-hydrogen) atoms. The van der Waals surface area contributed by atoms with Gasteiger partial charge >= 0.3 is 0 Å². The van der Waals surface area contributed by atoms with Gasteiger partial charge in [-0.15, -0.1) is 0 Å². The van der Waals surface area contributed by atoms with Gasteiger partial charge in [0.05, 0.1) is 23.4 Å². The number of fused-ring (bicyclic) bond motifs is 10. The van der Waals surface area contributed by atoms with Gasteiger partial charge in [0.15, 0.2) is 0 Å². The van der Waals surface area contributed by atoms with Crippen molar-refractivity contribution in [3.8, 4) is 0 Å². The highest BCUT2D eigenvalue weighted by atomic mass is 16.3. The summed E-state index contributed by atoms with van der Waals surface area (Å²) in [6, 6.07) is 0. The largest absolute Gasteiger partial charge is 0.393 e. The normalized spacial score (nSPS) is 43.2. The third-order valence-electron chi connectivity index (χ3n) is 21.8. The molecule has 0 heterocycles. The van der Waals surface area contributed by atoms with Crippen molar-refractivity contribution in [2.75, 3.05) is 0 Å². The van der Waals surface area contributed by atoms with E-state index < -0.39 is 11.2 Å². The monoisotopic (exact) mass is 893 g/mol. The van der Waals surface area contributed by atoms with Crippen LogP contribution >= 0.6 is 0 Å². The van der Waals surface area contributed by atoms with Crippen LogP contribution in [0.15, 0.2) is 23.3 Å². The van der Waals surface area contributed by atoms with Gasteiger partial charge in [0.1, 0.15) is 0 Å². The first kappa shape index (κ1) is 54.3.